The molecule has 4 rings (SSSR count). The fourth-order valence-corrected chi connectivity index (χ4v) is 5.02. The summed E-state index contributed by atoms with van der Waals surface area (Å²) in [6, 6.07) is 27.8. The summed E-state index contributed by atoms with van der Waals surface area (Å²) in [6.45, 7) is -0.214. The van der Waals surface area contributed by atoms with Crippen molar-refractivity contribution in [2.75, 3.05) is 13.2 Å². The van der Waals surface area contributed by atoms with Gasteiger partial charge in [0.15, 0.2) is 0 Å². The second-order valence-electron chi connectivity index (χ2n) is 10.5. The van der Waals surface area contributed by atoms with E-state index in [1.807, 2.05) is 103 Å². The first-order chi connectivity index (χ1) is 20.0. The second kappa shape index (κ2) is 15.5. The average Bonchev–Trinajstić information content (AvgIpc) is 3.00. The Balaban J connectivity index is 1.49. The highest BCUT2D eigenvalue weighted by atomic mass is 16.5. The van der Waals surface area contributed by atoms with E-state index in [0.717, 1.165) is 16.7 Å². The van der Waals surface area contributed by atoms with Gasteiger partial charge in [-0.1, -0.05) is 103 Å². The van der Waals surface area contributed by atoms with Crippen LogP contribution < -0.4 is 10.6 Å². The van der Waals surface area contributed by atoms with Crippen LogP contribution in [0.5, 0.6) is 0 Å². The molecule has 1 aliphatic heterocycles. The maximum Gasteiger partial charge on any atom is 0.309 e. The van der Waals surface area contributed by atoms with Crippen LogP contribution in [0.25, 0.3) is 0 Å². The van der Waals surface area contributed by atoms with Crippen molar-refractivity contribution >= 4 is 17.8 Å². The Morgan fingerprint density at radius 3 is 2.07 bits per heavy atom. The van der Waals surface area contributed by atoms with E-state index in [9.17, 15) is 19.5 Å². The lowest BCUT2D eigenvalue weighted by Crippen LogP contribution is -2.42. The molecular formula is C34H38N2O5. The molecule has 0 fully saturated rings. The standard InChI is InChI=1S/C34H38N2O5/c37-23-30(21-26-14-6-2-7-15-26)35-32(38)22-28-18-10-11-19-29(20-25-12-4-1-5-13-25)34(40)41-24-31(36-33(28)39)27-16-8-3-9-17-27/h1-17,28-31,37H,18-24H2,(H,35,38)(H,36,39). The second-order valence-corrected chi connectivity index (χ2v) is 10.5. The number of cyclic esters (lactones) is 1. The van der Waals surface area contributed by atoms with Crippen LogP contribution in [0.4, 0.5) is 0 Å². The van der Waals surface area contributed by atoms with Gasteiger partial charge in [0.05, 0.1) is 30.5 Å². The van der Waals surface area contributed by atoms with Gasteiger partial charge >= 0.3 is 5.97 Å². The minimum atomic E-state index is -0.628. The zero-order valence-electron chi connectivity index (χ0n) is 23.2. The number of carbonyl (C=O) groups is 3. The molecule has 4 unspecified atom stereocenters. The Bertz CT molecular complexity index is 1280. The van der Waals surface area contributed by atoms with Crippen molar-refractivity contribution in [1.29, 1.82) is 0 Å². The van der Waals surface area contributed by atoms with Crippen molar-refractivity contribution < 1.29 is 24.2 Å². The monoisotopic (exact) mass is 554 g/mol. The van der Waals surface area contributed by atoms with Gasteiger partial charge in [0.2, 0.25) is 11.8 Å². The van der Waals surface area contributed by atoms with Crippen molar-refractivity contribution in [2.24, 2.45) is 11.8 Å². The van der Waals surface area contributed by atoms with Crippen molar-refractivity contribution in [3.63, 3.8) is 0 Å². The Labute approximate surface area is 241 Å². The van der Waals surface area contributed by atoms with Gasteiger partial charge in [-0.25, -0.2) is 0 Å². The summed E-state index contributed by atoms with van der Waals surface area (Å²) in [5, 5.41) is 15.8. The van der Waals surface area contributed by atoms with E-state index in [0.29, 0.717) is 25.7 Å². The van der Waals surface area contributed by atoms with Crippen LogP contribution in [-0.4, -0.2) is 42.1 Å². The van der Waals surface area contributed by atoms with Gasteiger partial charge in [-0.2, -0.15) is 0 Å². The van der Waals surface area contributed by atoms with Crippen LogP contribution in [0, 0.1) is 11.8 Å². The molecule has 0 saturated heterocycles. The Kier molecular flexibility index (Phi) is 11.3. The molecule has 0 aliphatic carbocycles. The predicted octanol–water partition coefficient (Wildman–Crippen LogP) is 4.32. The van der Waals surface area contributed by atoms with Crippen molar-refractivity contribution in [2.45, 2.75) is 44.2 Å². The maximum absolute atomic E-state index is 13.5. The average molecular weight is 555 g/mol. The number of allylic oxidation sites excluding steroid dienone is 2. The summed E-state index contributed by atoms with van der Waals surface area (Å²) >= 11 is 0. The lowest BCUT2D eigenvalue weighted by atomic mass is 9.94. The molecular weight excluding hydrogens is 516 g/mol. The van der Waals surface area contributed by atoms with E-state index >= 15 is 0 Å². The summed E-state index contributed by atoms with van der Waals surface area (Å²) < 4.78 is 5.76. The summed E-state index contributed by atoms with van der Waals surface area (Å²) in [7, 11) is 0. The molecule has 214 valence electrons. The van der Waals surface area contributed by atoms with Gasteiger partial charge < -0.3 is 20.5 Å². The lowest BCUT2D eigenvalue weighted by Gasteiger charge is -2.25. The number of ether oxygens (including phenoxy) is 1. The van der Waals surface area contributed by atoms with Gasteiger partial charge in [0.25, 0.3) is 0 Å². The van der Waals surface area contributed by atoms with Gasteiger partial charge in [0.1, 0.15) is 6.61 Å². The lowest BCUT2D eigenvalue weighted by molar-refractivity contribution is -0.150. The van der Waals surface area contributed by atoms with Crippen molar-refractivity contribution in [3.8, 4) is 0 Å². The van der Waals surface area contributed by atoms with Gasteiger partial charge in [-0.05, 0) is 42.4 Å². The number of aliphatic hydroxyl groups excluding tert-OH is 1. The van der Waals surface area contributed by atoms with Crippen molar-refractivity contribution in [1.82, 2.24) is 10.6 Å². The van der Waals surface area contributed by atoms with Crippen LogP contribution in [0.1, 0.15) is 42.0 Å². The number of aliphatic hydroxyl groups is 1. The summed E-state index contributed by atoms with van der Waals surface area (Å²) in [6.07, 6.45) is 5.58. The first-order valence-corrected chi connectivity index (χ1v) is 14.2. The number of esters is 1. The quantitative estimate of drug-likeness (QED) is 0.270. The maximum atomic E-state index is 13.5. The summed E-state index contributed by atoms with van der Waals surface area (Å²) in [4.78, 5) is 39.6. The Morgan fingerprint density at radius 1 is 0.854 bits per heavy atom. The van der Waals surface area contributed by atoms with Crippen LogP contribution in [0.2, 0.25) is 0 Å². The molecule has 0 bridgehead atoms. The van der Waals surface area contributed by atoms with Crippen LogP contribution >= 0.6 is 0 Å². The highest BCUT2D eigenvalue weighted by molar-refractivity contribution is 5.86. The molecule has 4 atom stereocenters. The molecule has 3 aromatic carbocycles. The third kappa shape index (κ3) is 9.43. The first kappa shape index (κ1) is 29.7. The van der Waals surface area contributed by atoms with E-state index in [-0.39, 0.29) is 43.3 Å². The molecule has 0 radical (unpaired) electrons. The van der Waals surface area contributed by atoms with Crippen LogP contribution in [0.15, 0.2) is 103 Å². The largest absolute Gasteiger partial charge is 0.463 e. The summed E-state index contributed by atoms with van der Waals surface area (Å²) in [5.41, 5.74) is 2.86. The molecule has 2 amide bonds. The fraction of sp³-hybridized carbons (Fsp3) is 0.324. The third-order valence-electron chi connectivity index (χ3n) is 7.29. The van der Waals surface area contributed by atoms with E-state index in [1.165, 1.54) is 0 Å². The van der Waals surface area contributed by atoms with E-state index < -0.39 is 18.0 Å². The number of rotatable bonds is 9. The highest BCUT2D eigenvalue weighted by Gasteiger charge is 2.28. The molecule has 7 nitrogen and oxygen atoms in total. The fourth-order valence-electron chi connectivity index (χ4n) is 5.02. The van der Waals surface area contributed by atoms with Crippen molar-refractivity contribution in [3.05, 3.63) is 120 Å². The third-order valence-corrected chi connectivity index (χ3v) is 7.29. The number of hydrogen-bond acceptors (Lipinski definition) is 5. The Hall–Kier alpha value is -4.23. The molecule has 0 aromatic heterocycles. The molecule has 1 aliphatic rings. The number of amides is 2. The topological polar surface area (TPSA) is 105 Å². The van der Waals surface area contributed by atoms with E-state index in [2.05, 4.69) is 10.6 Å². The van der Waals surface area contributed by atoms with Gasteiger partial charge in [-0.3, -0.25) is 14.4 Å². The van der Waals surface area contributed by atoms with Gasteiger partial charge in [-0.15, -0.1) is 0 Å². The number of carbonyl (C=O) groups excluding carboxylic acids is 3. The number of hydrogen-bond donors (Lipinski definition) is 3. The molecule has 0 spiro atoms. The number of benzene rings is 3. The molecule has 1 heterocycles. The molecule has 3 aromatic rings. The SMILES string of the molecule is O=C(CC1CC=CCC(Cc2ccccc2)C(=O)OCC(c2ccccc2)NC1=O)NC(CO)Cc1ccccc1. The van der Waals surface area contributed by atoms with Gasteiger partial charge in [0, 0.05) is 6.42 Å². The minimum Gasteiger partial charge on any atom is -0.463 e. The van der Waals surface area contributed by atoms with Crippen LogP contribution in [0.3, 0.4) is 0 Å². The summed E-state index contributed by atoms with van der Waals surface area (Å²) in [5.74, 6) is -1.90. The normalized spacial score (nSPS) is 20.6. The molecule has 3 N–H and O–H groups in total. The molecule has 7 heteroatoms. The molecule has 41 heavy (non-hydrogen) atoms. The zero-order valence-corrected chi connectivity index (χ0v) is 23.2. The molecule has 0 saturated carbocycles. The highest BCUT2D eigenvalue weighted by Crippen LogP contribution is 2.22. The smallest absolute Gasteiger partial charge is 0.309 e. The van der Waals surface area contributed by atoms with Crippen LogP contribution in [-0.2, 0) is 32.0 Å². The van der Waals surface area contributed by atoms with E-state index in [4.69, 9.17) is 4.74 Å². The number of nitrogens with one attached hydrogen (secondary N) is 2. The predicted molar refractivity (Wildman–Crippen MR) is 158 cm³/mol. The minimum absolute atomic E-state index is 0.00777. The Morgan fingerprint density at radius 2 is 1.44 bits per heavy atom. The first-order valence-electron chi connectivity index (χ1n) is 14.2. The van der Waals surface area contributed by atoms with E-state index in [1.54, 1.807) is 0 Å². The zero-order chi connectivity index (χ0) is 28.9.